The van der Waals surface area contributed by atoms with Gasteiger partial charge in [0, 0.05) is 35.8 Å². The first-order chi connectivity index (χ1) is 25.4. The Balaban J connectivity index is 1.23. The Morgan fingerprint density at radius 1 is 1.11 bits per heavy atom. The minimum absolute atomic E-state index is 0.106. The third-order valence-electron chi connectivity index (χ3n) is 12.4. The number of halogens is 1. The number of ether oxygens (including phenoxy) is 2. The number of para-hydroxylation sites is 1. The Bertz CT molecular complexity index is 1810. The molecule has 53 heavy (non-hydrogen) atoms. The summed E-state index contributed by atoms with van der Waals surface area (Å²) < 4.78 is 27.9. The number of likely N-dealkylation sites (N-methyl/N-ethyl adjacent to an activating group) is 1. The van der Waals surface area contributed by atoms with Crippen molar-refractivity contribution in [3.8, 4) is 5.75 Å². The lowest BCUT2D eigenvalue weighted by molar-refractivity contribution is -0.141. The number of benzene rings is 1. The molecule has 7 rings (SSSR count). The molecule has 11 nitrogen and oxygen atoms in total. The number of hydrogen-bond acceptors (Lipinski definition) is 7. The zero-order valence-electron chi connectivity index (χ0n) is 31.5. The van der Waals surface area contributed by atoms with Gasteiger partial charge in [0.15, 0.2) is 0 Å². The number of carbonyl (C=O) groups is 4. The number of aryl methyl sites for hydroxylation is 2. The number of carbonyl (C=O) groups excluding carboxylic acids is 4. The number of alkyl carbamates (subject to hydrolysis) is 1. The third-order valence-corrected chi connectivity index (χ3v) is 12.4. The van der Waals surface area contributed by atoms with Gasteiger partial charge in [-0.2, -0.15) is 0 Å². The van der Waals surface area contributed by atoms with Crippen molar-refractivity contribution >= 4 is 34.7 Å². The average Bonchev–Trinajstić information content (AvgIpc) is 3.54. The lowest BCUT2D eigenvalue weighted by Gasteiger charge is -2.37. The van der Waals surface area contributed by atoms with E-state index in [4.69, 9.17) is 14.5 Å². The highest BCUT2D eigenvalue weighted by molar-refractivity contribution is 5.98. The SMILES string of the molecule is CCCc1nc2c(F)cccc2c2c1O[C@]1(CC2)C[C@H]2C(=O)N[C@]3(C(=O)NC)C[C@H]3/C=C\CCCCC[C@@H](NC(=O)OC3CCCC3(C)C)C(=O)N2C1. The maximum Gasteiger partial charge on any atom is 0.408 e. The number of rotatable bonds is 5. The van der Waals surface area contributed by atoms with Gasteiger partial charge in [0.05, 0.1) is 12.2 Å². The van der Waals surface area contributed by atoms with Crippen molar-refractivity contribution in [3.63, 3.8) is 0 Å². The van der Waals surface area contributed by atoms with Crippen molar-refractivity contribution in [2.24, 2.45) is 11.3 Å². The molecule has 1 unspecified atom stereocenters. The molecular weight excluding hydrogens is 677 g/mol. The molecular formula is C41H54FN5O6. The highest BCUT2D eigenvalue weighted by Crippen LogP contribution is 2.48. The van der Waals surface area contributed by atoms with Crippen LogP contribution < -0.4 is 20.7 Å². The first-order valence-corrected chi connectivity index (χ1v) is 19.7. The van der Waals surface area contributed by atoms with E-state index in [0.29, 0.717) is 60.9 Å². The predicted molar refractivity (Wildman–Crippen MR) is 198 cm³/mol. The van der Waals surface area contributed by atoms with Crippen LogP contribution in [0.1, 0.15) is 109 Å². The molecule has 1 aromatic heterocycles. The van der Waals surface area contributed by atoms with Crippen LogP contribution in [0.2, 0.25) is 0 Å². The maximum atomic E-state index is 15.0. The molecule has 1 spiro atoms. The molecule has 12 heteroatoms. The summed E-state index contributed by atoms with van der Waals surface area (Å²) in [7, 11) is 1.56. The number of hydrogen-bond donors (Lipinski definition) is 3. The minimum Gasteiger partial charge on any atom is -0.483 e. The predicted octanol–water partition coefficient (Wildman–Crippen LogP) is 5.81. The molecule has 3 N–H and O–H groups in total. The van der Waals surface area contributed by atoms with E-state index in [1.165, 1.54) is 6.07 Å². The van der Waals surface area contributed by atoms with E-state index in [1.807, 2.05) is 19.1 Å². The van der Waals surface area contributed by atoms with Crippen LogP contribution in [-0.4, -0.2) is 76.6 Å². The van der Waals surface area contributed by atoms with E-state index in [0.717, 1.165) is 50.5 Å². The second kappa shape index (κ2) is 14.5. The molecule has 4 amide bonds. The second-order valence-electron chi connectivity index (χ2n) is 16.6. The van der Waals surface area contributed by atoms with Crippen LogP contribution in [0.5, 0.6) is 5.75 Å². The Kier molecular flexibility index (Phi) is 10.2. The number of nitrogens with one attached hydrogen (secondary N) is 3. The van der Waals surface area contributed by atoms with Gasteiger partial charge in [-0.15, -0.1) is 0 Å². The quantitative estimate of drug-likeness (QED) is 0.330. The van der Waals surface area contributed by atoms with Crippen molar-refractivity contribution in [1.82, 2.24) is 25.8 Å². The molecule has 3 fully saturated rings. The monoisotopic (exact) mass is 731 g/mol. The molecule has 6 atom stereocenters. The van der Waals surface area contributed by atoms with E-state index in [1.54, 1.807) is 18.0 Å². The number of fused-ring (bicyclic) bond motifs is 5. The summed E-state index contributed by atoms with van der Waals surface area (Å²) in [4.78, 5) is 62.3. The zero-order chi connectivity index (χ0) is 37.5. The number of pyridine rings is 1. The van der Waals surface area contributed by atoms with Crippen LogP contribution in [0.4, 0.5) is 9.18 Å². The van der Waals surface area contributed by atoms with Crippen molar-refractivity contribution in [2.45, 2.75) is 140 Å². The minimum atomic E-state index is -1.11. The van der Waals surface area contributed by atoms with Gasteiger partial charge in [0.25, 0.3) is 0 Å². The molecule has 0 bridgehead atoms. The second-order valence-corrected chi connectivity index (χ2v) is 16.6. The Labute approximate surface area is 311 Å². The number of aromatic nitrogens is 1. The fourth-order valence-corrected chi connectivity index (χ4v) is 9.25. The van der Waals surface area contributed by atoms with Crippen molar-refractivity contribution in [3.05, 3.63) is 47.4 Å². The van der Waals surface area contributed by atoms with Gasteiger partial charge in [0.2, 0.25) is 17.7 Å². The molecule has 4 heterocycles. The molecule has 2 aromatic rings. The Morgan fingerprint density at radius 2 is 1.94 bits per heavy atom. The molecule has 2 aliphatic carbocycles. The van der Waals surface area contributed by atoms with Crippen molar-refractivity contribution in [2.75, 3.05) is 13.6 Å². The van der Waals surface area contributed by atoms with Gasteiger partial charge >= 0.3 is 6.09 Å². The zero-order valence-corrected chi connectivity index (χ0v) is 31.5. The maximum absolute atomic E-state index is 15.0. The van der Waals surface area contributed by atoms with Crippen LogP contribution in [0, 0.1) is 17.2 Å². The highest BCUT2D eigenvalue weighted by Gasteiger charge is 2.62. The Morgan fingerprint density at radius 3 is 2.70 bits per heavy atom. The molecule has 5 aliphatic rings. The molecule has 2 saturated carbocycles. The normalized spacial score (nSPS) is 31.6. The summed E-state index contributed by atoms with van der Waals surface area (Å²) in [5.74, 6) is -1.03. The lowest BCUT2D eigenvalue weighted by atomic mass is 9.86. The van der Waals surface area contributed by atoms with Gasteiger partial charge in [-0.1, -0.05) is 64.3 Å². The molecule has 3 aliphatic heterocycles. The standard InChI is InChI=1S/C41H54FN5O6/c1-5-13-29-34-27(26-15-11-16-28(42)33(26)44-29)19-21-40(53-34)23-31-35(48)46-41(37(50)43-4)22-25(41)14-9-7-6-8-10-17-30(36(49)47(31)24-40)45-38(51)52-32-18-12-20-39(32,2)3/h9,11,14-16,25,30-32H,5-8,10,12-13,17-24H2,1-4H3,(H,43,50)(H,45,51)(H,46,48)/b14-9-/t25-,30-,31+,32?,40-,41-/m1/s1. The summed E-state index contributed by atoms with van der Waals surface area (Å²) in [6, 6.07) is 3.07. The van der Waals surface area contributed by atoms with E-state index in [-0.39, 0.29) is 48.0 Å². The largest absolute Gasteiger partial charge is 0.483 e. The van der Waals surface area contributed by atoms with Crippen LogP contribution >= 0.6 is 0 Å². The van der Waals surface area contributed by atoms with Crippen LogP contribution in [0.3, 0.4) is 0 Å². The summed E-state index contributed by atoms with van der Waals surface area (Å²) in [6.45, 7) is 6.32. The highest BCUT2D eigenvalue weighted by atomic mass is 19.1. The fourth-order valence-electron chi connectivity index (χ4n) is 9.25. The molecule has 286 valence electrons. The van der Waals surface area contributed by atoms with Gasteiger partial charge < -0.3 is 30.3 Å². The van der Waals surface area contributed by atoms with Crippen LogP contribution in [0.15, 0.2) is 30.4 Å². The summed E-state index contributed by atoms with van der Waals surface area (Å²) in [5.41, 5.74) is -0.348. The fraction of sp³-hybridized carbons (Fsp3) is 0.634. The third kappa shape index (κ3) is 7.10. The topological polar surface area (TPSA) is 139 Å². The smallest absolute Gasteiger partial charge is 0.408 e. The van der Waals surface area contributed by atoms with Crippen molar-refractivity contribution in [1.29, 1.82) is 0 Å². The van der Waals surface area contributed by atoms with E-state index >= 15 is 0 Å². The van der Waals surface area contributed by atoms with E-state index in [9.17, 15) is 23.6 Å². The van der Waals surface area contributed by atoms with Crippen molar-refractivity contribution < 1.29 is 33.0 Å². The van der Waals surface area contributed by atoms with E-state index in [2.05, 4.69) is 35.9 Å². The first kappa shape index (κ1) is 37.1. The number of allylic oxidation sites excluding steroid dienone is 1. The van der Waals surface area contributed by atoms with Gasteiger partial charge in [-0.05, 0) is 70.3 Å². The number of amides is 4. The van der Waals surface area contributed by atoms with Crippen LogP contribution in [0.25, 0.3) is 10.9 Å². The lowest BCUT2D eigenvalue weighted by Crippen LogP contribution is -2.57. The van der Waals surface area contributed by atoms with Gasteiger partial charge in [-0.25, -0.2) is 14.2 Å². The Hall–Kier alpha value is -4.22. The molecule has 1 aromatic carbocycles. The number of nitrogens with zero attached hydrogens (tertiary/aromatic N) is 2. The van der Waals surface area contributed by atoms with E-state index < -0.39 is 35.2 Å². The van der Waals surface area contributed by atoms with Gasteiger partial charge in [0.1, 0.15) is 46.4 Å². The summed E-state index contributed by atoms with van der Waals surface area (Å²) in [5, 5.41) is 9.42. The van der Waals surface area contributed by atoms with Gasteiger partial charge in [-0.3, -0.25) is 14.4 Å². The summed E-state index contributed by atoms with van der Waals surface area (Å²) in [6.07, 6.45) is 12.6. The molecule has 1 saturated heterocycles. The first-order valence-electron chi connectivity index (χ1n) is 19.7. The average molecular weight is 732 g/mol. The summed E-state index contributed by atoms with van der Waals surface area (Å²) >= 11 is 0. The molecule has 0 radical (unpaired) electrons. The van der Waals surface area contributed by atoms with Crippen LogP contribution in [-0.2, 0) is 32.0 Å².